The van der Waals surface area contributed by atoms with Crippen LogP contribution in [-0.4, -0.2) is 11.8 Å². The van der Waals surface area contributed by atoms with Crippen LogP contribution in [0.4, 0.5) is 0 Å². The van der Waals surface area contributed by atoms with Crippen molar-refractivity contribution in [2.75, 3.05) is 5.75 Å². The van der Waals surface area contributed by atoms with Crippen LogP contribution in [-0.2, 0) is 0 Å². The quantitative estimate of drug-likeness (QED) is 0.804. The summed E-state index contributed by atoms with van der Waals surface area (Å²) >= 11 is 2.01. The maximum absolute atomic E-state index is 6.01. The van der Waals surface area contributed by atoms with Gasteiger partial charge in [-0.25, -0.2) is 0 Å². The molecular formula is C15H19NS. The minimum atomic E-state index is 0.308. The van der Waals surface area contributed by atoms with E-state index in [1.165, 1.54) is 36.3 Å². The molecule has 2 heteroatoms. The second-order valence-corrected chi connectivity index (χ2v) is 6.19. The number of thioether (sulfide) groups is 1. The van der Waals surface area contributed by atoms with Gasteiger partial charge in [-0.2, -0.15) is 0 Å². The van der Waals surface area contributed by atoms with E-state index in [-0.39, 0.29) is 0 Å². The van der Waals surface area contributed by atoms with Gasteiger partial charge in [0.05, 0.1) is 0 Å². The van der Waals surface area contributed by atoms with Crippen LogP contribution in [0.3, 0.4) is 0 Å². The number of benzene rings is 1. The van der Waals surface area contributed by atoms with Crippen molar-refractivity contribution in [1.29, 1.82) is 0 Å². The highest BCUT2D eigenvalue weighted by Crippen LogP contribution is 2.43. The fourth-order valence-corrected chi connectivity index (χ4v) is 4.17. The Morgan fingerprint density at radius 2 is 2.18 bits per heavy atom. The average molecular weight is 245 g/mol. The predicted octanol–water partition coefficient (Wildman–Crippen LogP) is 3.70. The summed E-state index contributed by atoms with van der Waals surface area (Å²) < 4.78 is 0. The molecule has 0 fully saturated rings. The first-order valence-corrected chi connectivity index (χ1v) is 7.48. The average Bonchev–Trinajstić information content (AvgIpc) is 2.73. The first-order chi connectivity index (χ1) is 8.33. The maximum atomic E-state index is 6.01. The molecule has 0 amide bonds. The Morgan fingerprint density at radius 1 is 1.29 bits per heavy atom. The fraction of sp³-hybridized carbons (Fsp3) is 0.467. The highest BCUT2D eigenvalue weighted by Gasteiger charge is 2.24. The van der Waals surface area contributed by atoms with Gasteiger partial charge < -0.3 is 5.73 Å². The van der Waals surface area contributed by atoms with Gasteiger partial charge in [0.15, 0.2) is 0 Å². The molecule has 1 aromatic rings. The van der Waals surface area contributed by atoms with Crippen LogP contribution < -0.4 is 5.73 Å². The lowest BCUT2D eigenvalue weighted by Gasteiger charge is -2.20. The summed E-state index contributed by atoms with van der Waals surface area (Å²) in [4.78, 5) is 1.48. The molecule has 2 atom stereocenters. The highest BCUT2D eigenvalue weighted by atomic mass is 32.2. The van der Waals surface area contributed by atoms with Crippen LogP contribution in [0.15, 0.2) is 40.8 Å². The number of hydrogen-bond acceptors (Lipinski definition) is 2. The first kappa shape index (κ1) is 11.4. The van der Waals surface area contributed by atoms with E-state index in [2.05, 4.69) is 30.3 Å². The van der Waals surface area contributed by atoms with Gasteiger partial charge in [0.1, 0.15) is 0 Å². The van der Waals surface area contributed by atoms with Crippen molar-refractivity contribution in [3.63, 3.8) is 0 Å². The van der Waals surface area contributed by atoms with Gasteiger partial charge in [-0.05, 0) is 43.2 Å². The second-order valence-electron chi connectivity index (χ2n) is 5.13. The van der Waals surface area contributed by atoms with E-state index >= 15 is 0 Å². The van der Waals surface area contributed by atoms with E-state index < -0.39 is 0 Å². The molecule has 0 spiro atoms. The van der Waals surface area contributed by atoms with Gasteiger partial charge in [0.25, 0.3) is 0 Å². The largest absolute Gasteiger partial charge is 0.324 e. The van der Waals surface area contributed by atoms with E-state index in [4.69, 9.17) is 5.73 Å². The minimum Gasteiger partial charge on any atom is -0.324 e. The number of nitrogens with two attached hydrogens (primary N) is 1. The smallest absolute Gasteiger partial charge is 0.0226 e. The van der Waals surface area contributed by atoms with Crippen molar-refractivity contribution in [1.82, 2.24) is 0 Å². The SMILES string of the molecule is NC1C=C(CC2CSc3ccccc32)CCC1. The van der Waals surface area contributed by atoms with Crippen LogP contribution in [0, 0.1) is 0 Å². The maximum Gasteiger partial charge on any atom is 0.0226 e. The summed E-state index contributed by atoms with van der Waals surface area (Å²) in [6, 6.07) is 9.16. The van der Waals surface area contributed by atoms with Crippen LogP contribution in [0.5, 0.6) is 0 Å². The molecular weight excluding hydrogens is 226 g/mol. The molecule has 2 unspecified atom stereocenters. The van der Waals surface area contributed by atoms with Crippen molar-refractivity contribution in [2.45, 2.75) is 42.5 Å². The first-order valence-electron chi connectivity index (χ1n) is 6.50. The molecule has 90 valence electrons. The predicted molar refractivity (Wildman–Crippen MR) is 74.4 cm³/mol. The van der Waals surface area contributed by atoms with Crippen molar-refractivity contribution >= 4 is 11.8 Å². The number of allylic oxidation sites excluding steroid dienone is 1. The molecule has 3 rings (SSSR count). The molecule has 2 aliphatic rings. The zero-order valence-corrected chi connectivity index (χ0v) is 10.9. The van der Waals surface area contributed by atoms with E-state index in [1.807, 2.05) is 11.8 Å². The molecule has 0 aromatic heterocycles. The molecule has 0 radical (unpaired) electrons. The van der Waals surface area contributed by atoms with E-state index in [0.29, 0.717) is 12.0 Å². The Hall–Kier alpha value is -0.730. The summed E-state index contributed by atoms with van der Waals surface area (Å²) in [5.41, 5.74) is 9.15. The Morgan fingerprint density at radius 3 is 3.06 bits per heavy atom. The molecule has 0 saturated carbocycles. The third kappa shape index (κ3) is 2.43. The van der Waals surface area contributed by atoms with Crippen molar-refractivity contribution in [3.05, 3.63) is 41.5 Å². The van der Waals surface area contributed by atoms with Crippen LogP contribution >= 0.6 is 11.8 Å². The van der Waals surface area contributed by atoms with E-state index in [9.17, 15) is 0 Å². The third-order valence-corrected chi connectivity index (χ3v) is 5.04. The molecule has 2 N–H and O–H groups in total. The summed E-state index contributed by atoms with van der Waals surface area (Å²) in [5, 5.41) is 0. The number of rotatable bonds is 2. The van der Waals surface area contributed by atoms with Gasteiger partial charge >= 0.3 is 0 Å². The van der Waals surface area contributed by atoms with E-state index in [1.54, 1.807) is 11.1 Å². The lowest BCUT2D eigenvalue weighted by Crippen LogP contribution is -2.20. The molecule has 1 aliphatic carbocycles. The van der Waals surface area contributed by atoms with Crippen LogP contribution in [0.2, 0.25) is 0 Å². The summed E-state index contributed by atoms with van der Waals surface area (Å²) in [7, 11) is 0. The fourth-order valence-electron chi connectivity index (χ4n) is 2.92. The highest BCUT2D eigenvalue weighted by molar-refractivity contribution is 7.99. The Labute approximate surface area is 107 Å². The molecule has 1 nitrogen and oxygen atoms in total. The summed E-state index contributed by atoms with van der Waals surface area (Å²) in [6.07, 6.45) is 7.23. The second kappa shape index (κ2) is 4.87. The normalized spacial score (nSPS) is 27.7. The van der Waals surface area contributed by atoms with Gasteiger partial charge in [0, 0.05) is 16.7 Å². The Balaban J connectivity index is 1.75. The van der Waals surface area contributed by atoms with Crippen molar-refractivity contribution < 1.29 is 0 Å². The molecule has 0 saturated heterocycles. The van der Waals surface area contributed by atoms with Gasteiger partial charge in [-0.1, -0.05) is 29.8 Å². The van der Waals surface area contributed by atoms with Gasteiger partial charge in [0.2, 0.25) is 0 Å². The number of hydrogen-bond donors (Lipinski definition) is 1. The zero-order valence-electron chi connectivity index (χ0n) is 10.1. The van der Waals surface area contributed by atoms with Crippen LogP contribution in [0.1, 0.15) is 37.2 Å². The summed E-state index contributed by atoms with van der Waals surface area (Å²) in [6.45, 7) is 0. The standard InChI is InChI=1S/C15H19NS/c16-13-5-3-4-11(9-13)8-12-10-17-15-7-2-1-6-14(12)15/h1-2,6-7,9,12-13H,3-5,8,10,16H2. The molecule has 1 heterocycles. The number of fused-ring (bicyclic) bond motifs is 1. The van der Waals surface area contributed by atoms with Crippen LogP contribution in [0.25, 0.3) is 0 Å². The Kier molecular flexibility index (Phi) is 3.26. The van der Waals surface area contributed by atoms with E-state index in [0.717, 1.165) is 0 Å². The Bertz CT molecular complexity index is 438. The van der Waals surface area contributed by atoms with Gasteiger partial charge in [-0.3, -0.25) is 0 Å². The molecule has 1 aromatic carbocycles. The topological polar surface area (TPSA) is 26.0 Å². The lowest BCUT2D eigenvalue weighted by molar-refractivity contribution is 0.594. The molecule has 0 bridgehead atoms. The van der Waals surface area contributed by atoms with Crippen molar-refractivity contribution in [2.24, 2.45) is 5.73 Å². The monoisotopic (exact) mass is 245 g/mol. The summed E-state index contributed by atoms with van der Waals surface area (Å²) in [5.74, 6) is 1.96. The minimum absolute atomic E-state index is 0.308. The molecule has 1 aliphatic heterocycles. The third-order valence-electron chi connectivity index (χ3n) is 3.79. The lowest BCUT2D eigenvalue weighted by atomic mass is 9.87. The zero-order chi connectivity index (χ0) is 11.7. The molecule has 17 heavy (non-hydrogen) atoms. The van der Waals surface area contributed by atoms with Crippen molar-refractivity contribution in [3.8, 4) is 0 Å². The van der Waals surface area contributed by atoms with Gasteiger partial charge in [-0.15, -0.1) is 11.8 Å².